The number of hydrogen-bond donors (Lipinski definition) is 0. The monoisotopic (exact) mass is 250 g/mol. The molecule has 2 heterocycles. The third-order valence-electron chi connectivity index (χ3n) is 5.84. The Kier molecular flexibility index (Phi) is 3.95. The van der Waals surface area contributed by atoms with E-state index in [0.717, 1.165) is 24.0 Å². The van der Waals surface area contributed by atoms with Crippen LogP contribution in [-0.4, -0.2) is 47.6 Å². The standard InChI is InChI=1S/C16H30N2/c1-13-11-17-10-6-9-16(17)12-18(13)14(2)15-7-4-3-5-8-15/h13-16H,3-12H2,1-2H3. The fourth-order valence-corrected chi connectivity index (χ4v) is 4.66. The van der Waals surface area contributed by atoms with Crippen LogP contribution in [0, 0.1) is 5.92 Å². The SMILES string of the molecule is CC1CN2CCCC2CN1C(C)C1CCCCC1. The zero-order valence-corrected chi connectivity index (χ0v) is 12.3. The molecule has 104 valence electrons. The molecular formula is C16H30N2. The fraction of sp³-hybridized carbons (Fsp3) is 1.00. The largest absolute Gasteiger partial charge is 0.298 e. The highest BCUT2D eigenvalue weighted by Gasteiger charge is 2.38. The maximum absolute atomic E-state index is 2.85. The number of piperazine rings is 1. The third kappa shape index (κ3) is 2.46. The Bertz CT molecular complexity index is 272. The van der Waals surface area contributed by atoms with Gasteiger partial charge in [-0.15, -0.1) is 0 Å². The molecule has 0 bridgehead atoms. The average Bonchev–Trinajstić information content (AvgIpc) is 2.85. The highest BCUT2D eigenvalue weighted by atomic mass is 15.3. The number of nitrogens with zero attached hydrogens (tertiary/aromatic N) is 2. The summed E-state index contributed by atoms with van der Waals surface area (Å²) in [7, 11) is 0. The van der Waals surface area contributed by atoms with E-state index in [-0.39, 0.29) is 0 Å². The van der Waals surface area contributed by atoms with E-state index in [1.165, 1.54) is 64.6 Å². The highest BCUT2D eigenvalue weighted by Crippen LogP contribution is 2.33. The van der Waals surface area contributed by atoms with Crippen LogP contribution in [0.1, 0.15) is 58.8 Å². The van der Waals surface area contributed by atoms with Gasteiger partial charge in [-0.25, -0.2) is 0 Å². The maximum atomic E-state index is 2.85. The summed E-state index contributed by atoms with van der Waals surface area (Å²) in [4.78, 5) is 5.59. The first-order chi connectivity index (χ1) is 8.75. The minimum Gasteiger partial charge on any atom is -0.298 e. The Balaban J connectivity index is 1.63. The Morgan fingerprint density at radius 3 is 2.50 bits per heavy atom. The average molecular weight is 250 g/mol. The normalized spacial score (nSPS) is 37.7. The molecule has 1 saturated carbocycles. The molecule has 1 aliphatic carbocycles. The van der Waals surface area contributed by atoms with E-state index in [1.54, 1.807) is 0 Å². The van der Waals surface area contributed by atoms with Crippen molar-refractivity contribution in [3.8, 4) is 0 Å². The van der Waals surface area contributed by atoms with Gasteiger partial charge in [0.15, 0.2) is 0 Å². The summed E-state index contributed by atoms with van der Waals surface area (Å²) < 4.78 is 0. The summed E-state index contributed by atoms with van der Waals surface area (Å²) in [5, 5.41) is 0. The lowest BCUT2D eigenvalue weighted by atomic mass is 9.83. The van der Waals surface area contributed by atoms with E-state index in [9.17, 15) is 0 Å². The second kappa shape index (κ2) is 5.50. The van der Waals surface area contributed by atoms with E-state index < -0.39 is 0 Å². The van der Waals surface area contributed by atoms with Crippen molar-refractivity contribution >= 4 is 0 Å². The van der Waals surface area contributed by atoms with Crippen molar-refractivity contribution in [1.29, 1.82) is 0 Å². The summed E-state index contributed by atoms with van der Waals surface area (Å²) in [5.41, 5.74) is 0. The van der Waals surface area contributed by atoms with Crippen molar-refractivity contribution in [1.82, 2.24) is 9.80 Å². The summed E-state index contributed by atoms with van der Waals surface area (Å²) in [5.74, 6) is 0.981. The molecule has 0 amide bonds. The van der Waals surface area contributed by atoms with Crippen LogP contribution in [0.3, 0.4) is 0 Å². The third-order valence-corrected chi connectivity index (χ3v) is 5.84. The van der Waals surface area contributed by atoms with E-state index in [1.807, 2.05) is 0 Å². The summed E-state index contributed by atoms with van der Waals surface area (Å²) in [6.07, 6.45) is 10.3. The van der Waals surface area contributed by atoms with Gasteiger partial charge in [0.05, 0.1) is 0 Å². The van der Waals surface area contributed by atoms with Gasteiger partial charge in [0.25, 0.3) is 0 Å². The molecule has 3 aliphatic rings. The van der Waals surface area contributed by atoms with Crippen molar-refractivity contribution < 1.29 is 0 Å². The molecule has 3 rings (SSSR count). The van der Waals surface area contributed by atoms with Crippen molar-refractivity contribution in [3.05, 3.63) is 0 Å². The molecule has 2 aliphatic heterocycles. The Hall–Kier alpha value is -0.0800. The predicted molar refractivity (Wildman–Crippen MR) is 76.8 cm³/mol. The molecule has 0 radical (unpaired) electrons. The van der Waals surface area contributed by atoms with Crippen LogP contribution in [0.5, 0.6) is 0 Å². The number of fused-ring (bicyclic) bond motifs is 1. The lowest BCUT2D eigenvalue weighted by molar-refractivity contribution is 0.00826. The molecule has 0 aromatic carbocycles. The van der Waals surface area contributed by atoms with Gasteiger partial charge in [0.1, 0.15) is 0 Å². The summed E-state index contributed by atoms with van der Waals surface area (Å²) >= 11 is 0. The molecule has 2 heteroatoms. The van der Waals surface area contributed by atoms with Gasteiger partial charge in [-0.3, -0.25) is 9.80 Å². The molecular weight excluding hydrogens is 220 g/mol. The molecule has 3 fully saturated rings. The van der Waals surface area contributed by atoms with Crippen LogP contribution >= 0.6 is 0 Å². The Morgan fingerprint density at radius 1 is 0.944 bits per heavy atom. The first-order valence-corrected chi connectivity index (χ1v) is 8.25. The van der Waals surface area contributed by atoms with Gasteiger partial charge in [0.2, 0.25) is 0 Å². The summed E-state index contributed by atoms with van der Waals surface area (Å²) in [6, 6.07) is 2.48. The number of rotatable bonds is 2. The molecule has 0 aromatic heterocycles. The van der Waals surface area contributed by atoms with E-state index in [0.29, 0.717) is 0 Å². The minimum atomic E-state index is 0.774. The van der Waals surface area contributed by atoms with Gasteiger partial charge in [-0.1, -0.05) is 19.3 Å². The van der Waals surface area contributed by atoms with E-state index in [4.69, 9.17) is 0 Å². The first kappa shape index (κ1) is 12.9. The van der Waals surface area contributed by atoms with Crippen LogP contribution < -0.4 is 0 Å². The van der Waals surface area contributed by atoms with Crippen LogP contribution in [0.15, 0.2) is 0 Å². The van der Waals surface area contributed by atoms with Crippen LogP contribution in [-0.2, 0) is 0 Å². The minimum absolute atomic E-state index is 0.774. The van der Waals surface area contributed by atoms with Crippen molar-refractivity contribution in [2.45, 2.75) is 76.9 Å². The highest BCUT2D eigenvalue weighted by molar-refractivity contribution is 4.93. The lowest BCUT2D eigenvalue weighted by Gasteiger charge is -2.47. The van der Waals surface area contributed by atoms with Gasteiger partial charge in [0, 0.05) is 31.2 Å². The van der Waals surface area contributed by atoms with Crippen molar-refractivity contribution in [2.75, 3.05) is 19.6 Å². The fourth-order valence-electron chi connectivity index (χ4n) is 4.66. The zero-order valence-electron chi connectivity index (χ0n) is 12.3. The lowest BCUT2D eigenvalue weighted by Crippen LogP contribution is -2.58. The van der Waals surface area contributed by atoms with Crippen molar-refractivity contribution in [3.63, 3.8) is 0 Å². The van der Waals surface area contributed by atoms with Gasteiger partial charge in [-0.05, 0) is 52.0 Å². The molecule has 3 atom stereocenters. The van der Waals surface area contributed by atoms with Crippen molar-refractivity contribution in [2.24, 2.45) is 5.92 Å². The van der Waals surface area contributed by atoms with E-state index >= 15 is 0 Å². The Labute approximate surface area is 113 Å². The molecule has 2 nitrogen and oxygen atoms in total. The maximum Gasteiger partial charge on any atom is 0.0224 e. The topological polar surface area (TPSA) is 6.48 Å². The van der Waals surface area contributed by atoms with Gasteiger partial charge >= 0.3 is 0 Å². The number of hydrogen-bond acceptors (Lipinski definition) is 2. The molecule has 2 saturated heterocycles. The van der Waals surface area contributed by atoms with Gasteiger partial charge < -0.3 is 0 Å². The molecule has 0 aromatic rings. The van der Waals surface area contributed by atoms with Crippen LogP contribution in [0.2, 0.25) is 0 Å². The molecule has 0 N–H and O–H groups in total. The van der Waals surface area contributed by atoms with Crippen LogP contribution in [0.25, 0.3) is 0 Å². The predicted octanol–water partition coefficient (Wildman–Crippen LogP) is 3.12. The zero-order chi connectivity index (χ0) is 12.5. The second-order valence-electron chi connectivity index (χ2n) is 6.98. The summed E-state index contributed by atoms with van der Waals surface area (Å²) in [6.45, 7) is 8.99. The smallest absolute Gasteiger partial charge is 0.0224 e. The molecule has 18 heavy (non-hydrogen) atoms. The first-order valence-electron chi connectivity index (χ1n) is 8.25. The van der Waals surface area contributed by atoms with Gasteiger partial charge in [-0.2, -0.15) is 0 Å². The quantitative estimate of drug-likeness (QED) is 0.743. The molecule has 0 spiro atoms. The second-order valence-corrected chi connectivity index (χ2v) is 6.98. The Morgan fingerprint density at radius 2 is 1.72 bits per heavy atom. The van der Waals surface area contributed by atoms with E-state index in [2.05, 4.69) is 23.6 Å². The van der Waals surface area contributed by atoms with Crippen LogP contribution in [0.4, 0.5) is 0 Å². The molecule has 3 unspecified atom stereocenters.